The van der Waals surface area contributed by atoms with Crippen molar-refractivity contribution in [1.29, 1.82) is 0 Å². The van der Waals surface area contributed by atoms with E-state index in [1.807, 2.05) is 44.2 Å². The van der Waals surface area contributed by atoms with Gasteiger partial charge in [-0.2, -0.15) is 0 Å². The van der Waals surface area contributed by atoms with Gasteiger partial charge in [-0.15, -0.1) is 0 Å². The molecule has 1 atom stereocenters. The quantitative estimate of drug-likeness (QED) is 0.646. The minimum absolute atomic E-state index is 0.159. The third kappa shape index (κ3) is 7.15. The topological polar surface area (TPSA) is 89.9 Å². The first-order chi connectivity index (χ1) is 10.9. The van der Waals surface area contributed by atoms with Gasteiger partial charge in [-0.05, 0) is 24.3 Å². The second-order valence-electron chi connectivity index (χ2n) is 5.92. The number of nitrogens with zero attached hydrogens (tertiary/aromatic N) is 1. The lowest BCUT2D eigenvalue weighted by Crippen LogP contribution is -2.49. The molecule has 128 valence electrons. The van der Waals surface area contributed by atoms with E-state index in [0.29, 0.717) is 19.4 Å². The number of urea groups is 1. The molecule has 23 heavy (non-hydrogen) atoms. The number of benzene rings is 1. The molecule has 0 unspecified atom stereocenters. The van der Waals surface area contributed by atoms with Gasteiger partial charge in [0.2, 0.25) is 0 Å². The SMILES string of the molecule is CC(C)C[C@H](NC(=O)N(CCO)CCc1ccccc1)C(=O)O. The number of carbonyl (C=O) groups is 2. The lowest BCUT2D eigenvalue weighted by atomic mass is 10.0. The minimum Gasteiger partial charge on any atom is -0.480 e. The second-order valence-corrected chi connectivity index (χ2v) is 5.92. The fourth-order valence-corrected chi connectivity index (χ4v) is 2.28. The number of aliphatic carboxylic acids is 1. The third-order valence-corrected chi connectivity index (χ3v) is 3.47. The highest BCUT2D eigenvalue weighted by Gasteiger charge is 2.23. The number of hydrogen-bond donors (Lipinski definition) is 3. The van der Waals surface area contributed by atoms with Crippen LogP contribution in [0.25, 0.3) is 0 Å². The van der Waals surface area contributed by atoms with E-state index >= 15 is 0 Å². The van der Waals surface area contributed by atoms with Crippen molar-refractivity contribution < 1.29 is 19.8 Å². The number of rotatable bonds is 9. The predicted molar refractivity (Wildman–Crippen MR) is 88.2 cm³/mol. The van der Waals surface area contributed by atoms with Crippen LogP contribution in [-0.2, 0) is 11.2 Å². The number of carboxylic acid groups (broad SMARTS) is 1. The molecule has 6 nitrogen and oxygen atoms in total. The summed E-state index contributed by atoms with van der Waals surface area (Å²) < 4.78 is 0. The molecule has 0 aliphatic carbocycles. The molecule has 0 fully saturated rings. The maximum Gasteiger partial charge on any atom is 0.326 e. The fourth-order valence-electron chi connectivity index (χ4n) is 2.28. The molecule has 0 aliphatic rings. The Kier molecular flexibility index (Phi) is 8.11. The summed E-state index contributed by atoms with van der Waals surface area (Å²) in [7, 11) is 0. The van der Waals surface area contributed by atoms with E-state index < -0.39 is 18.0 Å². The third-order valence-electron chi connectivity index (χ3n) is 3.47. The van der Waals surface area contributed by atoms with Gasteiger partial charge in [-0.1, -0.05) is 44.2 Å². The van der Waals surface area contributed by atoms with Gasteiger partial charge in [0, 0.05) is 13.1 Å². The van der Waals surface area contributed by atoms with Gasteiger partial charge in [0.25, 0.3) is 0 Å². The smallest absolute Gasteiger partial charge is 0.326 e. The predicted octanol–water partition coefficient (Wildman–Crippen LogP) is 1.73. The summed E-state index contributed by atoms with van der Waals surface area (Å²) in [6.45, 7) is 4.24. The molecule has 0 saturated heterocycles. The number of aliphatic hydroxyl groups excluding tert-OH is 1. The first kappa shape index (κ1) is 19.0. The second kappa shape index (κ2) is 9.84. The van der Waals surface area contributed by atoms with Gasteiger partial charge < -0.3 is 20.4 Å². The maximum absolute atomic E-state index is 12.3. The average molecular weight is 322 g/mol. The Labute approximate surface area is 137 Å². The van der Waals surface area contributed by atoms with E-state index in [2.05, 4.69) is 5.32 Å². The monoisotopic (exact) mass is 322 g/mol. The molecule has 0 aromatic heterocycles. The Morgan fingerprint density at radius 2 is 1.83 bits per heavy atom. The minimum atomic E-state index is -1.04. The van der Waals surface area contributed by atoms with Crippen LogP contribution in [0.2, 0.25) is 0 Å². The van der Waals surface area contributed by atoms with Gasteiger partial charge in [0.15, 0.2) is 0 Å². The number of nitrogens with one attached hydrogen (secondary N) is 1. The number of aliphatic hydroxyl groups is 1. The highest BCUT2D eigenvalue weighted by Crippen LogP contribution is 2.07. The molecule has 6 heteroatoms. The molecule has 1 aromatic rings. The van der Waals surface area contributed by atoms with Crippen molar-refractivity contribution in [2.24, 2.45) is 5.92 Å². The van der Waals surface area contributed by atoms with Crippen molar-refractivity contribution in [3.05, 3.63) is 35.9 Å². The molecule has 0 radical (unpaired) electrons. The normalized spacial score (nSPS) is 12.0. The maximum atomic E-state index is 12.3. The molecular weight excluding hydrogens is 296 g/mol. The van der Waals surface area contributed by atoms with Crippen LogP contribution in [0.5, 0.6) is 0 Å². The van der Waals surface area contributed by atoms with Gasteiger partial charge in [-0.3, -0.25) is 0 Å². The van der Waals surface area contributed by atoms with Crippen LogP contribution in [0, 0.1) is 5.92 Å². The van der Waals surface area contributed by atoms with Crippen molar-refractivity contribution in [3.8, 4) is 0 Å². The highest BCUT2D eigenvalue weighted by molar-refractivity contribution is 5.82. The van der Waals surface area contributed by atoms with Gasteiger partial charge >= 0.3 is 12.0 Å². The van der Waals surface area contributed by atoms with Crippen LogP contribution in [0.3, 0.4) is 0 Å². The summed E-state index contributed by atoms with van der Waals surface area (Å²) in [5, 5.41) is 20.9. The highest BCUT2D eigenvalue weighted by atomic mass is 16.4. The number of hydrogen-bond acceptors (Lipinski definition) is 3. The van der Waals surface area contributed by atoms with Gasteiger partial charge in [0.1, 0.15) is 6.04 Å². The Bertz CT molecular complexity index is 491. The summed E-state index contributed by atoms with van der Waals surface area (Å²) in [5.74, 6) is -0.883. The van der Waals surface area contributed by atoms with E-state index in [4.69, 9.17) is 5.11 Å². The first-order valence-corrected chi connectivity index (χ1v) is 7.87. The van der Waals surface area contributed by atoms with Crippen LogP contribution in [0.15, 0.2) is 30.3 Å². The lowest BCUT2D eigenvalue weighted by Gasteiger charge is -2.25. The molecule has 0 aliphatic heterocycles. The molecule has 1 rings (SSSR count). The zero-order valence-electron chi connectivity index (χ0n) is 13.7. The zero-order chi connectivity index (χ0) is 17.2. The van der Waals surface area contributed by atoms with Gasteiger partial charge in [0.05, 0.1) is 6.61 Å². The molecule has 0 saturated carbocycles. The number of carboxylic acids is 1. The van der Waals surface area contributed by atoms with Gasteiger partial charge in [-0.25, -0.2) is 9.59 Å². The fraction of sp³-hybridized carbons (Fsp3) is 0.529. The van der Waals surface area contributed by atoms with E-state index in [1.54, 1.807) is 0 Å². The standard InChI is InChI=1S/C17H26N2O4/c1-13(2)12-15(16(21)22)18-17(23)19(10-11-20)9-8-14-6-4-3-5-7-14/h3-7,13,15,20H,8-12H2,1-2H3,(H,18,23)(H,21,22)/t15-/m0/s1. The number of amides is 2. The Balaban J connectivity index is 2.63. The van der Waals surface area contributed by atoms with Crippen LogP contribution >= 0.6 is 0 Å². The van der Waals surface area contributed by atoms with Crippen LogP contribution in [0.4, 0.5) is 4.79 Å². The van der Waals surface area contributed by atoms with E-state index in [-0.39, 0.29) is 19.1 Å². The first-order valence-electron chi connectivity index (χ1n) is 7.87. The van der Waals surface area contributed by atoms with Crippen molar-refractivity contribution in [2.45, 2.75) is 32.7 Å². The number of carbonyl (C=O) groups excluding carboxylic acids is 1. The Hall–Kier alpha value is -2.08. The van der Waals surface area contributed by atoms with E-state index in [1.165, 1.54) is 4.90 Å². The van der Waals surface area contributed by atoms with Crippen molar-refractivity contribution in [2.75, 3.05) is 19.7 Å². The molecule has 0 heterocycles. The summed E-state index contributed by atoms with van der Waals surface area (Å²) in [5.41, 5.74) is 1.08. The zero-order valence-corrected chi connectivity index (χ0v) is 13.7. The molecule has 3 N–H and O–H groups in total. The molecule has 1 aromatic carbocycles. The van der Waals surface area contributed by atoms with E-state index in [0.717, 1.165) is 5.56 Å². The van der Waals surface area contributed by atoms with Crippen LogP contribution in [-0.4, -0.2) is 52.9 Å². The van der Waals surface area contributed by atoms with Crippen molar-refractivity contribution in [1.82, 2.24) is 10.2 Å². The van der Waals surface area contributed by atoms with Crippen LogP contribution < -0.4 is 5.32 Å². The molecule has 2 amide bonds. The largest absolute Gasteiger partial charge is 0.480 e. The summed E-state index contributed by atoms with van der Waals surface area (Å²) in [6, 6.07) is 8.33. The molecular formula is C17H26N2O4. The Morgan fingerprint density at radius 3 is 2.35 bits per heavy atom. The summed E-state index contributed by atoms with van der Waals surface area (Å²) >= 11 is 0. The summed E-state index contributed by atoms with van der Waals surface area (Å²) in [4.78, 5) is 25.0. The lowest BCUT2D eigenvalue weighted by molar-refractivity contribution is -0.139. The van der Waals surface area contributed by atoms with Crippen molar-refractivity contribution in [3.63, 3.8) is 0 Å². The molecule has 0 spiro atoms. The molecule has 0 bridgehead atoms. The average Bonchev–Trinajstić information content (AvgIpc) is 2.51. The summed E-state index contributed by atoms with van der Waals surface area (Å²) in [6.07, 6.45) is 1.02. The van der Waals surface area contributed by atoms with Crippen molar-refractivity contribution >= 4 is 12.0 Å². The van der Waals surface area contributed by atoms with Crippen LogP contribution in [0.1, 0.15) is 25.8 Å². The van der Waals surface area contributed by atoms with E-state index in [9.17, 15) is 14.7 Å². The Morgan fingerprint density at radius 1 is 1.17 bits per heavy atom.